The van der Waals surface area contributed by atoms with Gasteiger partial charge in [-0.15, -0.1) is 0 Å². The molecule has 0 amide bonds. The van der Waals surface area contributed by atoms with Gasteiger partial charge in [0.2, 0.25) is 0 Å². The predicted octanol–water partition coefficient (Wildman–Crippen LogP) is 5.17. The Hall–Kier alpha value is -1.68. The molecule has 4 heteroatoms. The number of hydrogen-bond donors (Lipinski definition) is 1. The highest BCUT2D eigenvalue weighted by Gasteiger charge is 2.11. The Labute approximate surface area is 140 Å². The van der Waals surface area contributed by atoms with Crippen molar-refractivity contribution in [1.82, 2.24) is 0 Å². The Bertz CT molecular complexity index is 611. The third kappa shape index (κ3) is 4.41. The Morgan fingerprint density at radius 2 is 1.86 bits per heavy atom. The van der Waals surface area contributed by atoms with Crippen LogP contribution in [0.15, 0.2) is 40.9 Å². The van der Waals surface area contributed by atoms with Gasteiger partial charge in [-0.1, -0.05) is 24.6 Å². The third-order valence-electron chi connectivity index (χ3n) is 3.29. The first kappa shape index (κ1) is 16.7. The Morgan fingerprint density at radius 3 is 2.50 bits per heavy atom. The third-order valence-corrected chi connectivity index (χ3v) is 3.88. The number of benzene rings is 2. The quantitative estimate of drug-likeness (QED) is 0.736. The summed E-state index contributed by atoms with van der Waals surface area (Å²) in [6.07, 6.45) is 0.965. The normalized spacial score (nSPS) is 10.4. The van der Waals surface area contributed by atoms with Gasteiger partial charge in [0.25, 0.3) is 0 Å². The van der Waals surface area contributed by atoms with Crippen molar-refractivity contribution in [1.29, 1.82) is 0 Å². The molecule has 2 aromatic carbocycles. The second-order valence-electron chi connectivity index (χ2n) is 5.18. The molecule has 0 saturated heterocycles. The molecular weight excluding hydrogens is 342 g/mol. The van der Waals surface area contributed by atoms with Crippen molar-refractivity contribution in [2.45, 2.75) is 26.8 Å². The van der Waals surface area contributed by atoms with Gasteiger partial charge in [-0.25, -0.2) is 0 Å². The molecule has 0 atom stereocenters. The van der Waals surface area contributed by atoms with E-state index in [1.807, 2.05) is 6.07 Å². The van der Waals surface area contributed by atoms with Gasteiger partial charge in [0, 0.05) is 12.2 Å². The van der Waals surface area contributed by atoms with E-state index in [4.69, 9.17) is 9.47 Å². The average molecular weight is 364 g/mol. The molecule has 0 spiro atoms. The molecule has 0 heterocycles. The number of nitrogens with one attached hydrogen (secondary N) is 1. The summed E-state index contributed by atoms with van der Waals surface area (Å²) in [5.41, 5.74) is 3.49. The molecular formula is C18H22BrNO2. The lowest BCUT2D eigenvalue weighted by molar-refractivity contribution is 0.292. The van der Waals surface area contributed by atoms with Crippen LogP contribution in [0.4, 0.5) is 5.69 Å². The molecule has 0 unspecified atom stereocenters. The molecule has 118 valence electrons. The van der Waals surface area contributed by atoms with E-state index in [0.717, 1.165) is 40.2 Å². The van der Waals surface area contributed by atoms with Crippen molar-refractivity contribution in [3.05, 3.63) is 52.0 Å². The van der Waals surface area contributed by atoms with Crippen LogP contribution in [0.5, 0.6) is 11.5 Å². The highest BCUT2D eigenvalue weighted by atomic mass is 79.9. The smallest absolute Gasteiger partial charge is 0.175 e. The van der Waals surface area contributed by atoms with Crippen LogP contribution >= 0.6 is 15.9 Å². The second kappa shape index (κ2) is 8.08. The molecule has 2 rings (SSSR count). The van der Waals surface area contributed by atoms with Gasteiger partial charge in [-0.05, 0) is 59.1 Å². The van der Waals surface area contributed by atoms with E-state index in [-0.39, 0.29) is 0 Å². The molecule has 22 heavy (non-hydrogen) atoms. The summed E-state index contributed by atoms with van der Waals surface area (Å²) in [6, 6.07) is 12.4. The number of hydrogen-bond acceptors (Lipinski definition) is 3. The van der Waals surface area contributed by atoms with Crippen molar-refractivity contribution < 1.29 is 9.47 Å². The van der Waals surface area contributed by atoms with E-state index < -0.39 is 0 Å². The Kier molecular flexibility index (Phi) is 6.13. The summed E-state index contributed by atoms with van der Waals surface area (Å²) in [5.74, 6) is 1.52. The van der Waals surface area contributed by atoms with Crippen LogP contribution in [-0.4, -0.2) is 13.7 Å². The van der Waals surface area contributed by atoms with E-state index in [1.54, 1.807) is 7.11 Å². The minimum absolute atomic E-state index is 0.677. The summed E-state index contributed by atoms with van der Waals surface area (Å²) in [4.78, 5) is 0. The zero-order valence-corrected chi connectivity index (χ0v) is 14.9. The van der Waals surface area contributed by atoms with Crippen LogP contribution in [-0.2, 0) is 6.54 Å². The van der Waals surface area contributed by atoms with Gasteiger partial charge >= 0.3 is 0 Å². The van der Waals surface area contributed by atoms with Crippen LogP contribution < -0.4 is 14.8 Å². The summed E-state index contributed by atoms with van der Waals surface area (Å²) in [5, 5.41) is 3.41. The number of rotatable bonds is 7. The Morgan fingerprint density at radius 1 is 1.14 bits per heavy atom. The molecule has 0 fully saturated rings. The van der Waals surface area contributed by atoms with Gasteiger partial charge in [-0.3, -0.25) is 0 Å². The number of halogens is 1. The molecule has 0 saturated carbocycles. The zero-order chi connectivity index (χ0) is 15.9. The van der Waals surface area contributed by atoms with E-state index in [0.29, 0.717) is 6.61 Å². The van der Waals surface area contributed by atoms with E-state index in [2.05, 4.69) is 65.4 Å². The first-order valence-corrected chi connectivity index (χ1v) is 8.23. The maximum absolute atomic E-state index is 5.75. The first-order valence-electron chi connectivity index (χ1n) is 7.43. The van der Waals surface area contributed by atoms with Crippen LogP contribution in [0.2, 0.25) is 0 Å². The van der Waals surface area contributed by atoms with Crippen LogP contribution in [0.1, 0.15) is 24.5 Å². The molecule has 0 aliphatic rings. The van der Waals surface area contributed by atoms with E-state index in [9.17, 15) is 0 Å². The minimum atomic E-state index is 0.677. The standard InChI is InChI=1S/C18H22BrNO2/c1-4-9-22-18-16(19)10-14(11-17(18)21-3)12-20-15-7-5-13(2)6-8-15/h5-8,10-11,20H,4,9,12H2,1-3H3. The number of ether oxygens (including phenoxy) is 2. The highest BCUT2D eigenvalue weighted by molar-refractivity contribution is 9.10. The fourth-order valence-electron chi connectivity index (χ4n) is 2.10. The van der Waals surface area contributed by atoms with E-state index in [1.165, 1.54) is 5.56 Å². The van der Waals surface area contributed by atoms with Gasteiger partial charge in [0.15, 0.2) is 11.5 Å². The summed E-state index contributed by atoms with van der Waals surface area (Å²) >= 11 is 3.57. The van der Waals surface area contributed by atoms with Gasteiger partial charge < -0.3 is 14.8 Å². The van der Waals surface area contributed by atoms with Crippen molar-refractivity contribution in [2.75, 3.05) is 19.0 Å². The lowest BCUT2D eigenvalue weighted by atomic mass is 10.2. The fourth-order valence-corrected chi connectivity index (χ4v) is 2.70. The fraction of sp³-hybridized carbons (Fsp3) is 0.333. The Balaban J connectivity index is 2.11. The molecule has 1 N–H and O–H groups in total. The highest BCUT2D eigenvalue weighted by Crippen LogP contribution is 2.37. The summed E-state index contributed by atoms with van der Waals surface area (Å²) in [7, 11) is 1.66. The summed E-state index contributed by atoms with van der Waals surface area (Å²) < 4.78 is 12.1. The van der Waals surface area contributed by atoms with E-state index >= 15 is 0 Å². The van der Waals surface area contributed by atoms with Crippen molar-refractivity contribution in [2.24, 2.45) is 0 Å². The number of methoxy groups -OCH3 is 1. The maximum atomic E-state index is 5.75. The van der Waals surface area contributed by atoms with Crippen LogP contribution in [0.3, 0.4) is 0 Å². The molecule has 0 aliphatic carbocycles. The molecule has 0 radical (unpaired) electrons. The van der Waals surface area contributed by atoms with Crippen LogP contribution in [0, 0.1) is 6.92 Å². The van der Waals surface area contributed by atoms with Crippen molar-refractivity contribution >= 4 is 21.6 Å². The molecule has 0 bridgehead atoms. The minimum Gasteiger partial charge on any atom is -0.493 e. The largest absolute Gasteiger partial charge is 0.493 e. The number of aryl methyl sites for hydroxylation is 1. The number of anilines is 1. The van der Waals surface area contributed by atoms with Gasteiger partial charge in [0.1, 0.15) is 0 Å². The molecule has 0 aliphatic heterocycles. The SMILES string of the molecule is CCCOc1c(Br)cc(CNc2ccc(C)cc2)cc1OC. The zero-order valence-electron chi connectivity index (χ0n) is 13.3. The first-order chi connectivity index (χ1) is 10.6. The topological polar surface area (TPSA) is 30.5 Å². The van der Waals surface area contributed by atoms with Gasteiger partial charge in [0.05, 0.1) is 18.2 Å². The summed E-state index contributed by atoms with van der Waals surface area (Å²) in [6.45, 7) is 5.57. The monoisotopic (exact) mass is 363 g/mol. The van der Waals surface area contributed by atoms with Crippen molar-refractivity contribution in [3.63, 3.8) is 0 Å². The second-order valence-corrected chi connectivity index (χ2v) is 6.03. The average Bonchev–Trinajstić information content (AvgIpc) is 2.53. The van der Waals surface area contributed by atoms with Gasteiger partial charge in [-0.2, -0.15) is 0 Å². The molecule has 0 aromatic heterocycles. The maximum Gasteiger partial charge on any atom is 0.175 e. The predicted molar refractivity (Wildman–Crippen MR) is 95.0 cm³/mol. The van der Waals surface area contributed by atoms with Crippen molar-refractivity contribution in [3.8, 4) is 11.5 Å². The lowest BCUT2D eigenvalue weighted by Crippen LogP contribution is -2.03. The van der Waals surface area contributed by atoms with Crippen LogP contribution in [0.25, 0.3) is 0 Å². The lowest BCUT2D eigenvalue weighted by Gasteiger charge is -2.14. The molecule has 3 nitrogen and oxygen atoms in total. The molecule has 2 aromatic rings.